The van der Waals surface area contributed by atoms with Crippen molar-refractivity contribution in [1.82, 2.24) is 10.3 Å². The van der Waals surface area contributed by atoms with Crippen molar-refractivity contribution >= 4 is 11.7 Å². The van der Waals surface area contributed by atoms with E-state index in [0.717, 1.165) is 12.0 Å². The predicted octanol–water partition coefficient (Wildman–Crippen LogP) is 4.32. The van der Waals surface area contributed by atoms with Crippen LogP contribution in [0.3, 0.4) is 0 Å². The minimum absolute atomic E-state index is 0.252. The van der Waals surface area contributed by atoms with Crippen LogP contribution in [0.15, 0.2) is 36.5 Å². The highest BCUT2D eigenvalue weighted by atomic mass is 19.3. The van der Waals surface area contributed by atoms with Crippen molar-refractivity contribution in [3.05, 3.63) is 53.2 Å². The van der Waals surface area contributed by atoms with Crippen LogP contribution >= 0.6 is 0 Å². The van der Waals surface area contributed by atoms with Gasteiger partial charge in [0.1, 0.15) is 24.9 Å². The van der Waals surface area contributed by atoms with E-state index in [1.165, 1.54) is 6.07 Å². The third-order valence-corrected chi connectivity index (χ3v) is 4.14. The van der Waals surface area contributed by atoms with E-state index < -0.39 is 13.0 Å². The van der Waals surface area contributed by atoms with Crippen LogP contribution in [0.1, 0.15) is 47.8 Å². The number of anilines is 1. The highest BCUT2D eigenvalue weighted by molar-refractivity contribution is 5.94. The number of hydrogen-bond donors (Lipinski definition) is 2. The number of carbonyl (C=O) groups excluding carboxylic acids is 1. The van der Waals surface area contributed by atoms with E-state index in [2.05, 4.69) is 15.6 Å². The SMILES string of the molecule is CCCOCNc1cc(C(C)NC(=O)c2ccc(OCC(F)F)c(C)c2)ccn1. The monoisotopic (exact) mass is 407 g/mol. The van der Waals surface area contributed by atoms with Crippen LogP contribution in [-0.2, 0) is 4.74 Å². The van der Waals surface area contributed by atoms with Gasteiger partial charge >= 0.3 is 0 Å². The van der Waals surface area contributed by atoms with Crippen LogP contribution in [-0.4, -0.2) is 37.3 Å². The number of alkyl halides is 2. The second kappa shape index (κ2) is 11.3. The third-order valence-electron chi connectivity index (χ3n) is 4.14. The van der Waals surface area contributed by atoms with E-state index >= 15 is 0 Å². The normalized spacial score (nSPS) is 11.9. The molecule has 2 aromatic rings. The zero-order valence-electron chi connectivity index (χ0n) is 16.9. The molecule has 158 valence electrons. The molecule has 0 aliphatic carbocycles. The largest absolute Gasteiger partial charge is 0.487 e. The molecular weight excluding hydrogens is 380 g/mol. The lowest BCUT2D eigenvalue weighted by Gasteiger charge is -2.16. The summed E-state index contributed by atoms with van der Waals surface area (Å²) in [6.45, 7) is 5.98. The second-order valence-electron chi connectivity index (χ2n) is 6.58. The quantitative estimate of drug-likeness (QED) is 0.429. The van der Waals surface area contributed by atoms with E-state index in [9.17, 15) is 13.6 Å². The number of aromatic nitrogens is 1. The Bertz CT molecular complexity index is 802. The number of halogens is 2. The fourth-order valence-corrected chi connectivity index (χ4v) is 2.62. The van der Waals surface area contributed by atoms with Crippen LogP contribution < -0.4 is 15.4 Å². The second-order valence-corrected chi connectivity index (χ2v) is 6.58. The van der Waals surface area contributed by atoms with Gasteiger partial charge < -0.3 is 20.1 Å². The first-order valence-electron chi connectivity index (χ1n) is 9.50. The molecule has 1 atom stereocenters. The van der Waals surface area contributed by atoms with Gasteiger partial charge in [0.25, 0.3) is 12.3 Å². The van der Waals surface area contributed by atoms with E-state index in [-0.39, 0.29) is 11.9 Å². The van der Waals surface area contributed by atoms with Gasteiger partial charge in [-0.1, -0.05) is 6.92 Å². The van der Waals surface area contributed by atoms with E-state index in [4.69, 9.17) is 9.47 Å². The summed E-state index contributed by atoms with van der Waals surface area (Å²) < 4.78 is 35.0. The van der Waals surface area contributed by atoms with E-state index in [0.29, 0.717) is 36.0 Å². The van der Waals surface area contributed by atoms with E-state index in [1.54, 1.807) is 25.3 Å². The van der Waals surface area contributed by atoms with Gasteiger partial charge in [-0.3, -0.25) is 4.79 Å². The van der Waals surface area contributed by atoms with Crippen molar-refractivity contribution in [2.24, 2.45) is 0 Å². The number of nitrogens with zero attached hydrogens (tertiary/aromatic N) is 1. The van der Waals surface area contributed by atoms with Gasteiger partial charge in [-0.25, -0.2) is 13.8 Å². The maximum Gasteiger partial charge on any atom is 0.272 e. The standard InChI is InChI=1S/C21H27F2N3O3/c1-4-9-28-13-25-20-11-16(7-8-24-20)15(3)26-21(27)17-5-6-18(14(2)10-17)29-12-19(22)23/h5-8,10-11,15,19H,4,9,12-13H2,1-3H3,(H,24,25)(H,26,27). The molecular formula is C21H27F2N3O3. The van der Waals surface area contributed by atoms with E-state index in [1.807, 2.05) is 26.0 Å². The van der Waals surface area contributed by atoms with Crippen molar-refractivity contribution in [3.63, 3.8) is 0 Å². The number of pyridine rings is 1. The van der Waals surface area contributed by atoms with Crippen molar-refractivity contribution in [3.8, 4) is 5.75 Å². The number of carbonyl (C=O) groups is 1. The molecule has 1 heterocycles. The molecule has 2 N–H and O–H groups in total. The molecule has 0 bridgehead atoms. The zero-order valence-corrected chi connectivity index (χ0v) is 16.9. The van der Waals surface area contributed by atoms with Crippen molar-refractivity contribution < 1.29 is 23.0 Å². The number of nitrogens with one attached hydrogen (secondary N) is 2. The molecule has 6 nitrogen and oxygen atoms in total. The Kier molecular flexibility index (Phi) is 8.79. The topological polar surface area (TPSA) is 72.5 Å². The highest BCUT2D eigenvalue weighted by Crippen LogP contribution is 2.21. The molecule has 1 aromatic heterocycles. The van der Waals surface area contributed by atoms with Crippen LogP contribution in [0.5, 0.6) is 5.75 Å². The Morgan fingerprint density at radius 2 is 2.03 bits per heavy atom. The van der Waals surface area contributed by atoms with Gasteiger partial charge in [0.2, 0.25) is 0 Å². The van der Waals surface area contributed by atoms with Gasteiger partial charge in [0.15, 0.2) is 0 Å². The van der Waals surface area contributed by atoms with Gasteiger partial charge in [-0.15, -0.1) is 0 Å². The molecule has 0 spiro atoms. The number of rotatable bonds is 11. The number of hydrogen-bond acceptors (Lipinski definition) is 5. The Morgan fingerprint density at radius 1 is 1.24 bits per heavy atom. The molecule has 1 aromatic carbocycles. The molecule has 0 fully saturated rings. The molecule has 8 heteroatoms. The summed E-state index contributed by atoms with van der Waals surface area (Å²) in [6, 6.07) is 8.14. The van der Waals surface area contributed by atoms with Gasteiger partial charge in [0, 0.05) is 18.4 Å². The fourth-order valence-electron chi connectivity index (χ4n) is 2.62. The maximum absolute atomic E-state index is 12.6. The molecule has 29 heavy (non-hydrogen) atoms. The van der Waals surface area contributed by atoms with Crippen LogP contribution in [0, 0.1) is 6.92 Å². The summed E-state index contributed by atoms with van der Waals surface area (Å²) in [5.41, 5.74) is 1.94. The molecule has 0 radical (unpaired) electrons. The summed E-state index contributed by atoms with van der Waals surface area (Å²) in [5, 5.41) is 6.01. The number of amides is 1. The van der Waals surface area contributed by atoms with Gasteiger partial charge in [-0.2, -0.15) is 0 Å². The van der Waals surface area contributed by atoms with Crippen LogP contribution in [0.4, 0.5) is 14.6 Å². The number of ether oxygens (including phenoxy) is 2. The molecule has 0 saturated heterocycles. The van der Waals surface area contributed by atoms with Gasteiger partial charge in [-0.05, 0) is 61.7 Å². The average Bonchev–Trinajstić information content (AvgIpc) is 2.70. The van der Waals surface area contributed by atoms with Crippen LogP contribution in [0.2, 0.25) is 0 Å². The van der Waals surface area contributed by atoms with Crippen LogP contribution in [0.25, 0.3) is 0 Å². The van der Waals surface area contributed by atoms with Crippen molar-refractivity contribution in [2.45, 2.75) is 39.7 Å². The Labute approximate surface area is 169 Å². The minimum Gasteiger partial charge on any atom is -0.487 e. The van der Waals surface area contributed by atoms with Crippen molar-refractivity contribution in [2.75, 3.05) is 25.3 Å². The maximum atomic E-state index is 12.6. The molecule has 1 amide bonds. The molecule has 0 saturated carbocycles. The lowest BCUT2D eigenvalue weighted by molar-refractivity contribution is 0.0814. The minimum atomic E-state index is -2.55. The first-order chi connectivity index (χ1) is 13.9. The number of benzene rings is 1. The molecule has 0 aliphatic rings. The lowest BCUT2D eigenvalue weighted by Crippen LogP contribution is -2.26. The highest BCUT2D eigenvalue weighted by Gasteiger charge is 2.14. The lowest BCUT2D eigenvalue weighted by atomic mass is 10.1. The first kappa shape index (κ1) is 22.5. The summed E-state index contributed by atoms with van der Waals surface area (Å²) in [4.78, 5) is 16.8. The van der Waals surface area contributed by atoms with Crippen molar-refractivity contribution in [1.29, 1.82) is 0 Å². The first-order valence-corrected chi connectivity index (χ1v) is 9.50. The summed E-state index contributed by atoms with van der Waals surface area (Å²) >= 11 is 0. The smallest absolute Gasteiger partial charge is 0.272 e. The predicted molar refractivity (Wildman–Crippen MR) is 108 cm³/mol. The van der Waals surface area contributed by atoms with Gasteiger partial charge in [0.05, 0.1) is 6.04 Å². The summed E-state index contributed by atoms with van der Waals surface area (Å²) in [6.07, 6.45) is 0.0624. The Morgan fingerprint density at radius 3 is 2.72 bits per heavy atom. The average molecular weight is 407 g/mol. The Balaban J connectivity index is 1.97. The summed E-state index contributed by atoms with van der Waals surface area (Å²) in [5.74, 6) is 0.736. The molecule has 2 rings (SSSR count). The zero-order chi connectivity index (χ0) is 21.2. The number of aryl methyl sites for hydroxylation is 1. The third kappa shape index (κ3) is 7.30. The molecule has 1 unspecified atom stereocenters. The summed E-state index contributed by atoms with van der Waals surface area (Å²) in [7, 11) is 0. The molecule has 0 aliphatic heterocycles. The fraction of sp³-hybridized carbons (Fsp3) is 0.429. The Hall–Kier alpha value is -2.74.